The zero-order chi connectivity index (χ0) is 14.7. The van der Waals surface area contributed by atoms with Crippen LogP contribution < -0.4 is 0 Å². The van der Waals surface area contributed by atoms with Gasteiger partial charge in [-0.15, -0.1) is 0 Å². The molecule has 1 aliphatic rings. The minimum Gasteiger partial charge on any atom is -0.0654 e. The monoisotopic (exact) mass is 280 g/mol. The predicted octanol–water partition coefficient (Wildman–Crippen LogP) is 7.51. The van der Waals surface area contributed by atoms with Gasteiger partial charge < -0.3 is 0 Å². The molecule has 1 fully saturated rings. The number of hydrogen-bond donors (Lipinski definition) is 0. The number of unbranched alkanes of at least 4 members (excludes halogenated alkanes) is 11. The molecule has 1 saturated carbocycles. The summed E-state index contributed by atoms with van der Waals surface area (Å²) in [5.74, 6) is 1.03. The van der Waals surface area contributed by atoms with Crippen LogP contribution in [0, 0.1) is 11.3 Å². The van der Waals surface area contributed by atoms with Crippen molar-refractivity contribution < 1.29 is 0 Å². The Bertz CT molecular complexity index is 216. The van der Waals surface area contributed by atoms with E-state index < -0.39 is 0 Å². The summed E-state index contributed by atoms with van der Waals surface area (Å²) in [6, 6.07) is 0. The smallest absolute Gasteiger partial charge is 0.0271 e. The fraction of sp³-hybridized carbons (Fsp3) is 1.00. The normalized spacial score (nSPS) is 25.1. The van der Waals surface area contributed by atoms with Gasteiger partial charge in [0.05, 0.1) is 0 Å². The lowest BCUT2D eigenvalue weighted by molar-refractivity contribution is 0.388. The van der Waals surface area contributed by atoms with E-state index in [1.807, 2.05) is 0 Å². The highest BCUT2D eigenvalue weighted by Crippen LogP contribution is 2.58. The van der Waals surface area contributed by atoms with Crippen LogP contribution in [-0.4, -0.2) is 0 Å². The van der Waals surface area contributed by atoms with Gasteiger partial charge in [0.1, 0.15) is 0 Å². The van der Waals surface area contributed by atoms with Gasteiger partial charge in [-0.25, -0.2) is 0 Å². The van der Waals surface area contributed by atoms with Crippen molar-refractivity contribution in [2.24, 2.45) is 11.3 Å². The van der Waals surface area contributed by atoms with Crippen LogP contribution in [-0.2, 0) is 0 Å². The van der Waals surface area contributed by atoms with E-state index in [0.29, 0.717) is 0 Å². The summed E-state index contributed by atoms with van der Waals surface area (Å²) in [4.78, 5) is 0. The van der Waals surface area contributed by atoms with E-state index in [-0.39, 0.29) is 0 Å². The molecule has 0 bridgehead atoms. The summed E-state index contributed by atoms with van der Waals surface area (Å²) in [7, 11) is 0. The highest BCUT2D eigenvalue weighted by Gasteiger charge is 2.47. The van der Waals surface area contributed by atoms with Crippen molar-refractivity contribution in [2.75, 3.05) is 0 Å². The molecule has 120 valence electrons. The molecule has 0 nitrogen and oxygen atoms in total. The summed E-state index contributed by atoms with van der Waals surface area (Å²) in [6.45, 7) is 7.14. The Hall–Kier alpha value is 0. The fourth-order valence-electron chi connectivity index (χ4n) is 3.89. The molecule has 2 unspecified atom stereocenters. The second-order valence-electron chi connectivity index (χ2n) is 7.46. The molecule has 0 aromatic rings. The van der Waals surface area contributed by atoms with Crippen LogP contribution in [0.3, 0.4) is 0 Å². The summed E-state index contributed by atoms with van der Waals surface area (Å²) in [5, 5.41) is 0. The van der Waals surface area contributed by atoms with Crippen LogP contribution in [0.15, 0.2) is 0 Å². The molecule has 0 aromatic carbocycles. The molecule has 2 atom stereocenters. The van der Waals surface area contributed by atoms with Crippen molar-refractivity contribution in [1.82, 2.24) is 0 Å². The third-order valence-corrected chi connectivity index (χ3v) is 5.83. The SMILES string of the molecule is CCCCCCCCCCCCCCC1(CC)CC1C. The van der Waals surface area contributed by atoms with Gasteiger partial charge in [-0.05, 0) is 24.2 Å². The van der Waals surface area contributed by atoms with Gasteiger partial charge in [-0.2, -0.15) is 0 Å². The molecule has 1 rings (SSSR count). The van der Waals surface area contributed by atoms with Crippen LogP contribution in [0.1, 0.15) is 117 Å². The molecular formula is C20H40. The van der Waals surface area contributed by atoms with Crippen molar-refractivity contribution in [1.29, 1.82) is 0 Å². The largest absolute Gasteiger partial charge is 0.0654 e. The molecule has 0 saturated heterocycles. The standard InChI is InChI=1S/C20H40/c1-4-6-7-8-9-10-11-12-13-14-15-16-17-20(5-2)18-19(20)3/h19H,4-18H2,1-3H3. The first-order valence-electron chi connectivity index (χ1n) is 9.75. The van der Waals surface area contributed by atoms with Crippen LogP contribution >= 0.6 is 0 Å². The van der Waals surface area contributed by atoms with Crippen LogP contribution in [0.25, 0.3) is 0 Å². The topological polar surface area (TPSA) is 0 Å². The zero-order valence-electron chi connectivity index (χ0n) is 14.7. The van der Waals surface area contributed by atoms with E-state index in [1.165, 1.54) is 96.3 Å². The molecule has 0 amide bonds. The lowest BCUT2D eigenvalue weighted by atomic mass is 9.93. The van der Waals surface area contributed by atoms with E-state index in [0.717, 1.165) is 11.3 Å². The molecule has 20 heavy (non-hydrogen) atoms. The van der Waals surface area contributed by atoms with Gasteiger partial charge in [-0.1, -0.05) is 104 Å². The minimum atomic E-state index is 0.790. The fourth-order valence-corrected chi connectivity index (χ4v) is 3.89. The van der Waals surface area contributed by atoms with E-state index >= 15 is 0 Å². The van der Waals surface area contributed by atoms with E-state index in [4.69, 9.17) is 0 Å². The van der Waals surface area contributed by atoms with Gasteiger partial charge >= 0.3 is 0 Å². The van der Waals surface area contributed by atoms with Gasteiger partial charge in [0.2, 0.25) is 0 Å². The van der Waals surface area contributed by atoms with Crippen molar-refractivity contribution in [2.45, 2.75) is 117 Å². The third kappa shape index (κ3) is 7.14. The molecule has 0 heterocycles. The first-order valence-corrected chi connectivity index (χ1v) is 9.75. The molecular weight excluding hydrogens is 240 g/mol. The van der Waals surface area contributed by atoms with Crippen LogP contribution in [0.5, 0.6) is 0 Å². The Balaban J connectivity index is 1.75. The van der Waals surface area contributed by atoms with E-state index in [9.17, 15) is 0 Å². The van der Waals surface area contributed by atoms with Crippen LogP contribution in [0.2, 0.25) is 0 Å². The molecule has 1 aliphatic carbocycles. The molecule has 0 aromatic heterocycles. The van der Waals surface area contributed by atoms with Gasteiger partial charge in [-0.3, -0.25) is 0 Å². The first kappa shape index (κ1) is 18.1. The maximum absolute atomic E-state index is 2.45. The average molecular weight is 281 g/mol. The zero-order valence-corrected chi connectivity index (χ0v) is 14.7. The van der Waals surface area contributed by atoms with Crippen LogP contribution in [0.4, 0.5) is 0 Å². The van der Waals surface area contributed by atoms with E-state index in [1.54, 1.807) is 0 Å². The van der Waals surface area contributed by atoms with Crippen molar-refractivity contribution >= 4 is 0 Å². The van der Waals surface area contributed by atoms with E-state index in [2.05, 4.69) is 20.8 Å². The lowest BCUT2D eigenvalue weighted by Gasteiger charge is -2.13. The maximum atomic E-state index is 2.45. The summed E-state index contributed by atoms with van der Waals surface area (Å²) < 4.78 is 0. The molecule has 0 radical (unpaired) electrons. The predicted molar refractivity (Wildman–Crippen MR) is 92.2 cm³/mol. The third-order valence-electron chi connectivity index (χ3n) is 5.83. The first-order chi connectivity index (χ1) is 9.75. The Morgan fingerprint density at radius 1 is 0.700 bits per heavy atom. The second-order valence-corrected chi connectivity index (χ2v) is 7.46. The highest BCUT2D eigenvalue weighted by molar-refractivity contribution is 4.98. The Morgan fingerprint density at radius 2 is 1.10 bits per heavy atom. The number of rotatable bonds is 14. The van der Waals surface area contributed by atoms with Crippen molar-refractivity contribution in [3.8, 4) is 0 Å². The van der Waals surface area contributed by atoms with Crippen molar-refractivity contribution in [3.05, 3.63) is 0 Å². The maximum Gasteiger partial charge on any atom is -0.0271 e. The molecule has 0 aliphatic heterocycles. The summed E-state index contributed by atoms with van der Waals surface area (Å²) >= 11 is 0. The summed E-state index contributed by atoms with van der Waals surface area (Å²) in [6.07, 6.45) is 22.1. The Labute approximate surface area is 129 Å². The average Bonchev–Trinajstić information content (AvgIpc) is 3.11. The second kappa shape index (κ2) is 10.7. The lowest BCUT2D eigenvalue weighted by Crippen LogP contribution is -2.00. The Morgan fingerprint density at radius 3 is 1.45 bits per heavy atom. The van der Waals surface area contributed by atoms with Gasteiger partial charge in [0.15, 0.2) is 0 Å². The Kier molecular flexibility index (Phi) is 9.65. The molecule has 0 heteroatoms. The number of hydrogen-bond acceptors (Lipinski definition) is 0. The van der Waals surface area contributed by atoms with Gasteiger partial charge in [0, 0.05) is 0 Å². The quantitative estimate of drug-likeness (QED) is 0.289. The van der Waals surface area contributed by atoms with Crippen molar-refractivity contribution in [3.63, 3.8) is 0 Å². The molecule has 0 spiro atoms. The molecule has 0 N–H and O–H groups in total. The summed E-state index contributed by atoms with van der Waals surface area (Å²) in [5.41, 5.74) is 0.790. The minimum absolute atomic E-state index is 0.790. The highest BCUT2D eigenvalue weighted by atomic mass is 14.5. The van der Waals surface area contributed by atoms with Gasteiger partial charge in [0.25, 0.3) is 0 Å².